The van der Waals surface area contributed by atoms with Gasteiger partial charge in [-0.1, -0.05) is 6.92 Å². The average molecular weight is 224 g/mol. The summed E-state index contributed by atoms with van der Waals surface area (Å²) in [6, 6.07) is 0.388. The molecule has 0 saturated heterocycles. The van der Waals surface area contributed by atoms with Crippen molar-refractivity contribution >= 4 is 0 Å². The molecule has 4 heteroatoms. The third-order valence-corrected chi connectivity index (χ3v) is 2.84. The van der Waals surface area contributed by atoms with E-state index in [9.17, 15) is 10.2 Å². The van der Waals surface area contributed by atoms with E-state index < -0.39 is 0 Å². The van der Waals surface area contributed by atoms with Crippen LogP contribution in [0.1, 0.15) is 37.1 Å². The van der Waals surface area contributed by atoms with E-state index in [-0.39, 0.29) is 12.4 Å². The lowest BCUT2D eigenvalue weighted by atomic mass is 10.1. The van der Waals surface area contributed by atoms with Crippen LogP contribution in [0.3, 0.4) is 0 Å². The summed E-state index contributed by atoms with van der Waals surface area (Å²) in [5.74, 6) is 0.183. The summed E-state index contributed by atoms with van der Waals surface area (Å²) in [5.41, 5.74) is 2.02. The lowest BCUT2D eigenvalue weighted by Gasteiger charge is -2.15. The minimum absolute atomic E-state index is 0.0988. The van der Waals surface area contributed by atoms with Crippen molar-refractivity contribution in [3.63, 3.8) is 0 Å². The van der Waals surface area contributed by atoms with Crippen molar-refractivity contribution in [1.29, 1.82) is 0 Å². The number of aromatic hydroxyl groups is 1. The number of aliphatic hydroxyl groups excluding tert-OH is 1. The number of nitrogens with zero attached hydrogens (tertiary/aromatic N) is 1. The summed E-state index contributed by atoms with van der Waals surface area (Å²) in [6.07, 6.45) is 2.64. The lowest BCUT2D eigenvalue weighted by Crippen LogP contribution is -2.25. The normalized spacial score (nSPS) is 12.8. The summed E-state index contributed by atoms with van der Waals surface area (Å²) in [6.45, 7) is 6.40. The molecule has 16 heavy (non-hydrogen) atoms. The minimum atomic E-state index is -0.0988. The van der Waals surface area contributed by atoms with Gasteiger partial charge in [0, 0.05) is 29.9 Å². The maximum Gasteiger partial charge on any atom is 0.141 e. The number of aromatic nitrogens is 1. The Bertz CT molecular complexity index is 353. The Morgan fingerprint density at radius 3 is 2.75 bits per heavy atom. The highest BCUT2D eigenvalue weighted by Crippen LogP contribution is 2.23. The summed E-state index contributed by atoms with van der Waals surface area (Å²) in [4.78, 5) is 4.02. The number of nitrogens with one attached hydrogen (secondary N) is 1. The van der Waals surface area contributed by atoms with Crippen LogP contribution in [0.2, 0.25) is 0 Å². The molecule has 0 bridgehead atoms. The molecule has 0 aliphatic rings. The largest absolute Gasteiger partial charge is 0.506 e. The van der Waals surface area contributed by atoms with Gasteiger partial charge in [0.05, 0.1) is 12.3 Å². The molecule has 0 amide bonds. The molecule has 1 aromatic rings. The summed E-state index contributed by atoms with van der Waals surface area (Å²) in [7, 11) is 0. The highest BCUT2D eigenvalue weighted by molar-refractivity contribution is 5.40. The monoisotopic (exact) mass is 224 g/mol. The fraction of sp³-hybridized carbons (Fsp3) is 0.583. The topological polar surface area (TPSA) is 65.4 Å². The molecule has 3 N–H and O–H groups in total. The molecule has 0 radical (unpaired) electrons. The molecule has 0 fully saturated rings. The Morgan fingerprint density at radius 2 is 2.19 bits per heavy atom. The van der Waals surface area contributed by atoms with Gasteiger partial charge in [0.25, 0.3) is 0 Å². The van der Waals surface area contributed by atoms with E-state index >= 15 is 0 Å². The van der Waals surface area contributed by atoms with Crippen molar-refractivity contribution in [3.8, 4) is 5.75 Å². The van der Waals surface area contributed by atoms with Gasteiger partial charge in [0.2, 0.25) is 0 Å². The van der Waals surface area contributed by atoms with Crippen LogP contribution in [0, 0.1) is 6.92 Å². The highest BCUT2D eigenvalue weighted by Gasteiger charge is 2.11. The second-order valence-electron chi connectivity index (χ2n) is 4.04. The van der Waals surface area contributed by atoms with Crippen molar-refractivity contribution < 1.29 is 10.2 Å². The Hall–Kier alpha value is -1.13. The van der Waals surface area contributed by atoms with Crippen LogP contribution < -0.4 is 5.32 Å². The van der Waals surface area contributed by atoms with Crippen molar-refractivity contribution in [2.24, 2.45) is 0 Å². The Kier molecular flexibility index (Phi) is 4.71. The minimum Gasteiger partial charge on any atom is -0.506 e. The molecule has 0 aliphatic heterocycles. The zero-order chi connectivity index (χ0) is 12.1. The summed E-state index contributed by atoms with van der Waals surface area (Å²) in [5, 5.41) is 22.4. The van der Waals surface area contributed by atoms with E-state index in [1.165, 1.54) is 0 Å². The number of rotatable bonds is 5. The summed E-state index contributed by atoms with van der Waals surface area (Å²) < 4.78 is 0. The quantitative estimate of drug-likeness (QED) is 0.708. The summed E-state index contributed by atoms with van der Waals surface area (Å²) >= 11 is 0. The van der Waals surface area contributed by atoms with Gasteiger partial charge in [-0.15, -0.1) is 0 Å². The number of aryl methyl sites for hydroxylation is 1. The van der Waals surface area contributed by atoms with Crippen molar-refractivity contribution in [2.75, 3.05) is 0 Å². The van der Waals surface area contributed by atoms with Gasteiger partial charge in [-0.25, -0.2) is 0 Å². The van der Waals surface area contributed by atoms with E-state index in [4.69, 9.17) is 0 Å². The van der Waals surface area contributed by atoms with Crippen LogP contribution in [0.4, 0.5) is 0 Å². The van der Waals surface area contributed by atoms with Crippen LogP contribution in [0.5, 0.6) is 5.75 Å². The second-order valence-corrected chi connectivity index (χ2v) is 4.04. The van der Waals surface area contributed by atoms with Gasteiger partial charge in [0.15, 0.2) is 0 Å². The standard InChI is InChI=1S/C12H20N2O2/c1-4-8(2)13-6-11-10(7-15)5-14-9(3)12(11)16/h5,8,13,15-16H,4,6-7H2,1-3H3. The lowest BCUT2D eigenvalue weighted by molar-refractivity contribution is 0.278. The molecule has 0 aliphatic carbocycles. The average Bonchev–Trinajstić information content (AvgIpc) is 2.30. The first-order valence-electron chi connectivity index (χ1n) is 5.60. The number of hydrogen-bond acceptors (Lipinski definition) is 4. The third kappa shape index (κ3) is 2.93. The van der Waals surface area contributed by atoms with E-state index in [1.807, 2.05) is 0 Å². The van der Waals surface area contributed by atoms with Crippen molar-refractivity contribution in [1.82, 2.24) is 10.3 Å². The maximum absolute atomic E-state index is 9.88. The molecule has 1 rings (SSSR count). The number of aliphatic hydroxyl groups is 1. The van der Waals surface area contributed by atoms with E-state index in [0.717, 1.165) is 12.0 Å². The van der Waals surface area contributed by atoms with E-state index in [1.54, 1.807) is 13.1 Å². The Labute approximate surface area is 96.3 Å². The molecule has 1 atom stereocenters. The SMILES string of the molecule is CCC(C)NCc1c(CO)cnc(C)c1O. The predicted octanol–water partition coefficient (Wildman–Crippen LogP) is 1.48. The van der Waals surface area contributed by atoms with Crippen molar-refractivity contribution in [2.45, 2.75) is 46.4 Å². The zero-order valence-electron chi connectivity index (χ0n) is 10.1. The molecule has 1 aromatic heterocycles. The third-order valence-electron chi connectivity index (χ3n) is 2.84. The van der Waals surface area contributed by atoms with Gasteiger partial charge >= 0.3 is 0 Å². The van der Waals surface area contributed by atoms with E-state index in [0.29, 0.717) is 23.8 Å². The number of pyridine rings is 1. The second kappa shape index (κ2) is 5.82. The molecule has 0 spiro atoms. The van der Waals surface area contributed by atoms with Crippen LogP contribution in [0.15, 0.2) is 6.20 Å². The van der Waals surface area contributed by atoms with Gasteiger partial charge in [-0.3, -0.25) is 4.98 Å². The Balaban J connectivity index is 2.88. The molecule has 0 saturated carbocycles. The first-order chi connectivity index (χ1) is 7.60. The molecule has 1 unspecified atom stereocenters. The van der Waals surface area contributed by atoms with Gasteiger partial charge in [-0.05, 0) is 20.3 Å². The molecular formula is C12H20N2O2. The van der Waals surface area contributed by atoms with Gasteiger partial charge in [-0.2, -0.15) is 0 Å². The zero-order valence-corrected chi connectivity index (χ0v) is 10.1. The molecule has 90 valence electrons. The van der Waals surface area contributed by atoms with Gasteiger partial charge < -0.3 is 15.5 Å². The fourth-order valence-corrected chi connectivity index (χ4v) is 1.44. The first kappa shape index (κ1) is 12.9. The maximum atomic E-state index is 9.88. The van der Waals surface area contributed by atoms with Crippen LogP contribution >= 0.6 is 0 Å². The fourth-order valence-electron chi connectivity index (χ4n) is 1.44. The van der Waals surface area contributed by atoms with E-state index in [2.05, 4.69) is 24.1 Å². The molecule has 4 nitrogen and oxygen atoms in total. The van der Waals surface area contributed by atoms with Gasteiger partial charge in [0.1, 0.15) is 5.75 Å². The predicted molar refractivity (Wildman–Crippen MR) is 63.2 cm³/mol. The smallest absolute Gasteiger partial charge is 0.141 e. The Morgan fingerprint density at radius 1 is 1.50 bits per heavy atom. The van der Waals surface area contributed by atoms with Crippen LogP contribution in [-0.2, 0) is 13.2 Å². The van der Waals surface area contributed by atoms with Crippen molar-refractivity contribution in [3.05, 3.63) is 23.0 Å². The molecule has 0 aromatic carbocycles. The molecule has 1 heterocycles. The van der Waals surface area contributed by atoms with Crippen LogP contribution in [0.25, 0.3) is 0 Å². The number of hydrogen-bond donors (Lipinski definition) is 3. The molecular weight excluding hydrogens is 204 g/mol. The highest BCUT2D eigenvalue weighted by atomic mass is 16.3. The first-order valence-corrected chi connectivity index (χ1v) is 5.60. The van der Waals surface area contributed by atoms with Crippen LogP contribution in [-0.4, -0.2) is 21.2 Å².